The summed E-state index contributed by atoms with van der Waals surface area (Å²) in [7, 11) is 0. The second kappa shape index (κ2) is 7.07. The number of rotatable bonds is 2. The van der Waals surface area contributed by atoms with Crippen LogP contribution in [-0.4, -0.2) is 45.4 Å². The standard InChI is InChI=1S/C17H20F7N7/c18-14(19)4-1-9(7-14)17(25)28-12(26-10-2-5-15(20,21)8-10)27-13(29-17)31-6-3-11(30-31)16(22,23)24/h3,6,9-10H,1-2,4-5,7-8,25H2,(H2,26,27,28,29). The van der Waals surface area contributed by atoms with Crippen molar-refractivity contribution in [3.63, 3.8) is 0 Å². The molecule has 2 saturated carbocycles. The van der Waals surface area contributed by atoms with Gasteiger partial charge in [0.15, 0.2) is 11.5 Å². The van der Waals surface area contributed by atoms with Crippen molar-refractivity contribution in [1.82, 2.24) is 20.4 Å². The molecule has 2 heterocycles. The van der Waals surface area contributed by atoms with E-state index in [1.165, 1.54) is 0 Å². The number of nitrogens with one attached hydrogen (secondary N) is 2. The normalized spacial score (nSPS) is 33.8. The number of hydrogen-bond acceptors (Lipinski definition) is 4. The van der Waals surface area contributed by atoms with E-state index in [4.69, 9.17) is 5.73 Å². The molecular formula is C17H20F7N7. The van der Waals surface area contributed by atoms with E-state index in [1.807, 2.05) is 0 Å². The van der Waals surface area contributed by atoms with Gasteiger partial charge in [0.05, 0.1) is 6.04 Å². The van der Waals surface area contributed by atoms with Crippen LogP contribution in [0.15, 0.2) is 22.2 Å². The number of halogens is 7. The Kier molecular flexibility index (Phi) is 4.98. The zero-order valence-corrected chi connectivity index (χ0v) is 16.1. The number of nitrogens with zero attached hydrogens (tertiary/aromatic N) is 4. The van der Waals surface area contributed by atoms with Crippen LogP contribution in [0.4, 0.5) is 30.7 Å². The van der Waals surface area contributed by atoms with E-state index >= 15 is 0 Å². The molecule has 0 amide bonds. The Labute approximate surface area is 172 Å². The Morgan fingerprint density at radius 1 is 1.10 bits per heavy atom. The van der Waals surface area contributed by atoms with Crippen molar-refractivity contribution in [2.45, 2.75) is 68.4 Å². The lowest BCUT2D eigenvalue weighted by Crippen LogP contribution is -2.67. The number of hydrogen-bond donors (Lipinski definition) is 3. The predicted molar refractivity (Wildman–Crippen MR) is 95.6 cm³/mol. The van der Waals surface area contributed by atoms with Crippen LogP contribution in [0.1, 0.15) is 44.2 Å². The summed E-state index contributed by atoms with van der Waals surface area (Å²) >= 11 is 0. The second-order valence-corrected chi connectivity index (χ2v) is 8.18. The highest BCUT2D eigenvalue weighted by molar-refractivity contribution is 6.01. The molecule has 4 rings (SSSR count). The molecule has 0 saturated heterocycles. The van der Waals surface area contributed by atoms with Gasteiger partial charge in [-0.2, -0.15) is 18.3 Å². The summed E-state index contributed by atoms with van der Waals surface area (Å²) in [4.78, 5) is 8.29. The SMILES string of the molecule is NC1(C2CCC(F)(F)C2)N=C(n2ccc(C(F)(F)F)n2)NC(=NC2CCC(F)(F)C2)N1. The quantitative estimate of drug-likeness (QED) is 0.598. The van der Waals surface area contributed by atoms with Crippen LogP contribution >= 0.6 is 0 Å². The van der Waals surface area contributed by atoms with Gasteiger partial charge in [0.2, 0.25) is 23.8 Å². The van der Waals surface area contributed by atoms with E-state index in [-0.39, 0.29) is 31.2 Å². The third-order valence-electron chi connectivity index (χ3n) is 5.65. The molecule has 2 aliphatic carbocycles. The maximum Gasteiger partial charge on any atom is 0.435 e. The number of guanidine groups is 1. The first kappa shape index (κ1) is 21.8. The molecule has 0 radical (unpaired) electrons. The van der Waals surface area contributed by atoms with Crippen LogP contribution in [0.25, 0.3) is 0 Å². The molecule has 1 aliphatic heterocycles. The van der Waals surface area contributed by atoms with E-state index in [1.54, 1.807) is 0 Å². The average Bonchev–Trinajstić information content (AvgIpc) is 3.32. The zero-order chi connectivity index (χ0) is 22.7. The van der Waals surface area contributed by atoms with E-state index in [2.05, 4.69) is 25.7 Å². The van der Waals surface area contributed by atoms with E-state index in [0.29, 0.717) is 6.07 Å². The Morgan fingerprint density at radius 2 is 1.77 bits per heavy atom. The highest BCUT2D eigenvalue weighted by atomic mass is 19.4. The van der Waals surface area contributed by atoms with Crippen LogP contribution in [0, 0.1) is 5.92 Å². The van der Waals surface area contributed by atoms with Gasteiger partial charge >= 0.3 is 6.18 Å². The van der Waals surface area contributed by atoms with Gasteiger partial charge in [-0.25, -0.2) is 32.2 Å². The van der Waals surface area contributed by atoms with Crippen molar-refractivity contribution >= 4 is 11.9 Å². The Hall–Kier alpha value is -2.38. The van der Waals surface area contributed by atoms with Gasteiger partial charge in [-0.3, -0.25) is 11.1 Å². The first-order valence-corrected chi connectivity index (χ1v) is 9.65. The maximum absolute atomic E-state index is 13.8. The van der Waals surface area contributed by atoms with Gasteiger partial charge in [0, 0.05) is 37.8 Å². The molecule has 14 heteroatoms. The third kappa shape index (κ3) is 4.62. The van der Waals surface area contributed by atoms with Gasteiger partial charge in [-0.1, -0.05) is 0 Å². The van der Waals surface area contributed by atoms with Crippen LogP contribution in [0.5, 0.6) is 0 Å². The molecule has 1 aromatic heterocycles. The van der Waals surface area contributed by atoms with Crippen molar-refractivity contribution in [3.05, 3.63) is 18.0 Å². The number of nitrogens with two attached hydrogens (primary N) is 1. The molecule has 31 heavy (non-hydrogen) atoms. The first-order chi connectivity index (χ1) is 14.2. The largest absolute Gasteiger partial charge is 0.435 e. The zero-order valence-electron chi connectivity index (χ0n) is 16.1. The van der Waals surface area contributed by atoms with Crippen molar-refractivity contribution in [2.75, 3.05) is 0 Å². The molecule has 3 atom stereocenters. The van der Waals surface area contributed by atoms with E-state index in [9.17, 15) is 30.7 Å². The van der Waals surface area contributed by atoms with E-state index in [0.717, 1.165) is 10.9 Å². The lowest BCUT2D eigenvalue weighted by Gasteiger charge is -2.38. The highest BCUT2D eigenvalue weighted by Crippen LogP contribution is 2.43. The van der Waals surface area contributed by atoms with Crippen LogP contribution in [-0.2, 0) is 6.18 Å². The molecular weight excluding hydrogens is 435 g/mol. The topological polar surface area (TPSA) is 92.6 Å². The lowest BCUT2D eigenvalue weighted by atomic mass is 9.99. The minimum absolute atomic E-state index is 0.00890. The van der Waals surface area contributed by atoms with Crippen LogP contribution in [0.3, 0.4) is 0 Å². The minimum Gasteiger partial charge on any atom is -0.319 e. The molecule has 4 N–H and O–H groups in total. The monoisotopic (exact) mass is 455 g/mol. The summed E-state index contributed by atoms with van der Waals surface area (Å²) < 4.78 is 94.1. The van der Waals surface area contributed by atoms with Gasteiger partial charge in [-0.15, -0.1) is 0 Å². The number of aliphatic imine (C=N–C) groups is 2. The van der Waals surface area contributed by atoms with Gasteiger partial charge < -0.3 is 5.32 Å². The molecule has 3 aliphatic rings. The summed E-state index contributed by atoms with van der Waals surface area (Å²) in [5.41, 5.74) is 5.06. The fourth-order valence-corrected chi connectivity index (χ4v) is 4.06. The average molecular weight is 455 g/mol. The lowest BCUT2D eigenvalue weighted by molar-refractivity contribution is -0.141. The minimum atomic E-state index is -4.71. The van der Waals surface area contributed by atoms with E-state index < -0.39 is 60.7 Å². The fourth-order valence-electron chi connectivity index (χ4n) is 4.06. The summed E-state index contributed by atoms with van der Waals surface area (Å²) in [5, 5.41) is 8.69. The predicted octanol–water partition coefficient (Wildman–Crippen LogP) is 2.89. The molecule has 2 fully saturated rings. The first-order valence-electron chi connectivity index (χ1n) is 9.65. The molecule has 0 aromatic carbocycles. The summed E-state index contributed by atoms with van der Waals surface area (Å²) in [6, 6.07) is -0.0651. The number of alkyl halides is 7. The highest BCUT2D eigenvalue weighted by Gasteiger charge is 2.50. The summed E-state index contributed by atoms with van der Waals surface area (Å²) in [6.07, 6.45) is -5.51. The smallest absolute Gasteiger partial charge is 0.319 e. The summed E-state index contributed by atoms with van der Waals surface area (Å²) in [6.45, 7) is 0. The Balaban J connectivity index is 1.67. The Morgan fingerprint density at radius 3 is 2.32 bits per heavy atom. The molecule has 1 aromatic rings. The molecule has 172 valence electrons. The van der Waals surface area contributed by atoms with Gasteiger partial charge in [0.1, 0.15) is 0 Å². The van der Waals surface area contributed by atoms with Gasteiger partial charge in [-0.05, 0) is 18.9 Å². The van der Waals surface area contributed by atoms with Gasteiger partial charge in [0.25, 0.3) is 0 Å². The Bertz CT molecular complexity index is 907. The number of aromatic nitrogens is 2. The molecule has 0 spiro atoms. The van der Waals surface area contributed by atoms with Crippen LogP contribution < -0.4 is 16.4 Å². The third-order valence-corrected chi connectivity index (χ3v) is 5.65. The van der Waals surface area contributed by atoms with Crippen molar-refractivity contribution < 1.29 is 30.7 Å². The molecule has 7 nitrogen and oxygen atoms in total. The van der Waals surface area contributed by atoms with Crippen molar-refractivity contribution in [2.24, 2.45) is 21.6 Å². The van der Waals surface area contributed by atoms with Crippen LogP contribution in [0.2, 0.25) is 0 Å². The maximum atomic E-state index is 13.8. The summed E-state index contributed by atoms with van der Waals surface area (Å²) in [5.74, 6) is -8.95. The van der Waals surface area contributed by atoms with Crippen molar-refractivity contribution in [3.8, 4) is 0 Å². The molecule has 0 bridgehead atoms. The fraction of sp³-hybridized carbons (Fsp3) is 0.706. The molecule has 3 unspecified atom stereocenters. The second-order valence-electron chi connectivity index (χ2n) is 8.18. The van der Waals surface area contributed by atoms with Crippen molar-refractivity contribution in [1.29, 1.82) is 0 Å².